The van der Waals surface area contributed by atoms with Crippen molar-refractivity contribution in [1.82, 2.24) is 15.5 Å². The average molecular weight is 252 g/mol. The highest BCUT2D eigenvalue weighted by atomic mass is 16.5. The monoisotopic (exact) mass is 252 g/mol. The Kier molecular flexibility index (Phi) is 3.96. The molecule has 0 bridgehead atoms. The average Bonchev–Trinajstić information content (AvgIpc) is 3.05. The van der Waals surface area contributed by atoms with E-state index >= 15 is 0 Å². The maximum Gasteiger partial charge on any atom is 0.249 e. The lowest BCUT2D eigenvalue weighted by molar-refractivity contribution is -0.122. The van der Waals surface area contributed by atoms with Gasteiger partial charge in [-0.2, -0.15) is 4.98 Å². The molecule has 1 amide bonds. The Balaban J connectivity index is 2.05. The molecule has 6 heteroatoms. The predicted molar refractivity (Wildman–Crippen MR) is 65.7 cm³/mol. The van der Waals surface area contributed by atoms with E-state index < -0.39 is 0 Å². The third-order valence-corrected chi connectivity index (χ3v) is 3.02. The van der Waals surface area contributed by atoms with Gasteiger partial charge in [-0.15, -0.1) is 0 Å². The lowest BCUT2D eigenvalue weighted by atomic mass is 10.0. The molecular formula is C12H20N4O2. The molecule has 1 heterocycles. The van der Waals surface area contributed by atoms with Gasteiger partial charge in [0.2, 0.25) is 11.8 Å². The molecule has 2 rings (SSSR count). The Morgan fingerprint density at radius 2 is 2.28 bits per heavy atom. The van der Waals surface area contributed by atoms with Gasteiger partial charge in [0.1, 0.15) is 6.04 Å². The van der Waals surface area contributed by atoms with Crippen molar-refractivity contribution in [2.75, 3.05) is 6.54 Å². The molecular weight excluding hydrogens is 232 g/mol. The van der Waals surface area contributed by atoms with Gasteiger partial charge in [-0.05, 0) is 18.8 Å². The van der Waals surface area contributed by atoms with Crippen molar-refractivity contribution in [3.63, 3.8) is 0 Å². The van der Waals surface area contributed by atoms with Crippen LogP contribution in [0.2, 0.25) is 0 Å². The summed E-state index contributed by atoms with van der Waals surface area (Å²) in [7, 11) is 0. The second-order valence-corrected chi connectivity index (χ2v) is 5.09. The number of carbonyl (C=O) groups excluding carboxylic acids is 1. The van der Waals surface area contributed by atoms with Crippen LogP contribution in [-0.2, 0) is 4.79 Å². The van der Waals surface area contributed by atoms with Gasteiger partial charge in [0.05, 0.1) is 0 Å². The van der Waals surface area contributed by atoms with Crippen LogP contribution in [0.1, 0.15) is 56.8 Å². The molecule has 0 aliphatic heterocycles. The van der Waals surface area contributed by atoms with Crippen molar-refractivity contribution < 1.29 is 9.32 Å². The smallest absolute Gasteiger partial charge is 0.249 e. The van der Waals surface area contributed by atoms with Gasteiger partial charge < -0.3 is 15.6 Å². The minimum Gasteiger partial charge on any atom is -0.344 e. The highest BCUT2D eigenvalue weighted by molar-refractivity contribution is 5.76. The molecule has 0 saturated heterocycles. The van der Waals surface area contributed by atoms with Crippen molar-refractivity contribution in [2.45, 2.75) is 45.1 Å². The van der Waals surface area contributed by atoms with Crippen LogP contribution in [0.5, 0.6) is 0 Å². The molecule has 1 aliphatic rings. The number of amides is 1. The molecule has 3 N–H and O–H groups in total. The molecule has 0 spiro atoms. The molecule has 1 aliphatic carbocycles. The molecule has 1 aromatic heterocycles. The fourth-order valence-electron chi connectivity index (χ4n) is 1.77. The number of carbonyl (C=O) groups is 1. The van der Waals surface area contributed by atoms with Crippen molar-refractivity contribution in [2.24, 2.45) is 11.7 Å². The molecule has 0 radical (unpaired) electrons. The highest BCUT2D eigenvalue weighted by Gasteiger charge is 2.31. The first-order valence-electron chi connectivity index (χ1n) is 6.44. The van der Waals surface area contributed by atoms with E-state index in [-0.39, 0.29) is 17.9 Å². The number of nitrogens with two attached hydrogens (primary N) is 1. The third kappa shape index (κ3) is 3.07. The summed E-state index contributed by atoms with van der Waals surface area (Å²) in [5.74, 6) is 1.83. The van der Waals surface area contributed by atoms with Crippen LogP contribution >= 0.6 is 0 Å². The van der Waals surface area contributed by atoms with Gasteiger partial charge in [0.25, 0.3) is 0 Å². The van der Waals surface area contributed by atoms with E-state index in [4.69, 9.17) is 10.3 Å². The summed E-state index contributed by atoms with van der Waals surface area (Å²) in [5, 5.41) is 6.86. The Morgan fingerprint density at radius 1 is 1.56 bits per heavy atom. The molecule has 1 unspecified atom stereocenters. The molecule has 100 valence electrons. The first-order valence-corrected chi connectivity index (χ1v) is 6.44. The fourth-order valence-corrected chi connectivity index (χ4v) is 1.77. The van der Waals surface area contributed by atoms with Crippen LogP contribution in [0.25, 0.3) is 0 Å². The van der Waals surface area contributed by atoms with Gasteiger partial charge in [-0.1, -0.05) is 19.0 Å². The molecule has 1 atom stereocenters. The Bertz CT molecular complexity index is 412. The minimum absolute atomic E-state index is 0.0811. The Labute approximate surface area is 106 Å². The summed E-state index contributed by atoms with van der Waals surface area (Å²) >= 11 is 0. The minimum atomic E-state index is -0.232. The second-order valence-electron chi connectivity index (χ2n) is 5.09. The van der Waals surface area contributed by atoms with Crippen molar-refractivity contribution in [3.05, 3.63) is 11.7 Å². The summed E-state index contributed by atoms with van der Waals surface area (Å²) < 4.78 is 5.26. The zero-order valence-corrected chi connectivity index (χ0v) is 10.8. The number of aromatic nitrogens is 2. The number of rotatable bonds is 6. The van der Waals surface area contributed by atoms with E-state index in [1.807, 2.05) is 13.8 Å². The third-order valence-electron chi connectivity index (χ3n) is 3.02. The maximum absolute atomic E-state index is 11.6. The van der Waals surface area contributed by atoms with Gasteiger partial charge in [0.15, 0.2) is 5.82 Å². The van der Waals surface area contributed by atoms with Gasteiger partial charge in [0, 0.05) is 18.9 Å². The summed E-state index contributed by atoms with van der Waals surface area (Å²) in [4.78, 5) is 16.0. The molecule has 1 aromatic rings. The summed E-state index contributed by atoms with van der Waals surface area (Å²) in [6, 6.07) is -0.232. The Hall–Kier alpha value is -1.43. The van der Waals surface area contributed by atoms with Crippen molar-refractivity contribution in [1.29, 1.82) is 0 Å². The van der Waals surface area contributed by atoms with Crippen LogP contribution in [-0.4, -0.2) is 22.6 Å². The topological polar surface area (TPSA) is 94.0 Å². The zero-order chi connectivity index (χ0) is 13.1. The van der Waals surface area contributed by atoms with Crippen LogP contribution in [0, 0.1) is 5.92 Å². The number of nitrogens with zero attached hydrogens (tertiary/aromatic N) is 2. The fraction of sp³-hybridized carbons (Fsp3) is 0.750. The first-order chi connectivity index (χ1) is 8.61. The van der Waals surface area contributed by atoms with E-state index in [0.717, 1.165) is 18.7 Å². The maximum atomic E-state index is 11.6. The SMILES string of the molecule is CC(C)C(NC(=O)CCN)c1nc(C2CC2)no1. The molecule has 1 fully saturated rings. The lowest BCUT2D eigenvalue weighted by Crippen LogP contribution is -2.33. The number of hydrogen-bond donors (Lipinski definition) is 2. The summed E-state index contributed by atoms with van der Waals surface area (Å²) in [6.07, 6.45) is 2.57. The quantitative estimate of drug-likeness (QED) is 0.791. The van der Waals surface area contributed by atoms with Crippen LogP contribution in [0.4, 0.5) is 0 Å². The molecule has 6 nitrogen and oxygen atoms in total. The largest absolute Gasteiger partial charge is 0.344 e. The standard InChI is InChI=1S/C12H20N4O2/c1-7(2)10(14-9(17)5-6-13)12-15-11(16-18-12)8-3-4-8/h7-8,10H,3-6,13H2,1-2H3,(H,14,17). The molecule has 18 heavy (non-hydrogen) atoms. The van der Waals surface area contributed by atoms with E-state index in [9.17, 15) is 4.79 Å². The number of nitrogens with one attached hydrogen (secondary N) is 1. The summed E-state index contributed by atoms with van der Waals surface area (Å²) in [5.41, 5.74) is 5.36. The van der Waals surface area contributed by atoms with Crippen molar-refractivity contribution >= 4 is 5.91 Å². The predicted octanol–water partition coefficient (Wildman–Crippen LogP) is 1.11. The normalized spacial score (nSPS) is 16.9. The molecule has 0 aromatic carbocycles. The highest BCUT2D eigenvalue weighted by Crippen LogP contribution is 2.38. The zero-order valence-electron chi connectivity index (χ0n) is 10.8. The van der Waals surface area contributed by atoms with E-state index in [2.05, 4.69) is 15.5 Å². The van der Waals surface area contributed by atoms with Gasteiger partial charge >= 0.3 is 0 Å². The van der Waals surface area contributed by atoms with E-state index in [0.29, 0.717) is 24.8 Å². The van der Waals surface area contributed by atoms with Crippen LogP contribution in [0.3, 0.4) is 0 Å². The number of hydrogen-bond acceptors (Lipinski definition) is 5. The van der Waals surface area contributed by atoms with E-state index in [1.165, 1.54) is 0 Å². The van der Waals surface area contributed by atoms with Gasteiger partial charge in [-0.3, -0.25) is 4.79 Å². The second kappa shape index (κ2) is 5.48. The Morgan fingerprint density at radius 3 is 2.83 bits per heavy atom. The van der Waals surface area contributed by atoms with Gasteiger partial charge in [-0.25, -0.2) is 0 Å². The lowest BCUT2D eigenvalue weighted by Gasteiger charge is -2.18. The van der Waals surface area contributed by atoms with Crippen LogP contribution < -0.4 is 11.1 Å². The van der Waals surface area contributed by atoms with Crippen LogP contribution in [0.15, 0.2) is 4.52 Å². The van der Waals surface area contributed by atoms with Crippen molar-refractivity contribution in [3.8, 4) is 0 Å². The molecule has 1 saturated carbocycles. The summed E-state index contributed by atoms with van der Waals surface area (Å²) in [6.45, 7) is 4.36. The first kappa shape index (κ1) is 13.0. The van der Waals surface area contributed by atoms with E-state index in [1.54, 1.807) is 0 Å².